The Bertz CT molecular complexity index is 920. The number of rotatable bonds is 4. The Morgan fingerprint density at radius 1 is 1.11 bits per heavy atom. The molecule has 0 saturated carbocycles. The summed E-state index contributed by atoms with van der Waals surface area (Å²) < 4.78 is 10.6. The maximum Gasteiger partial charge on any atom is 0.409 e. The standard InChI is InChI=1S/C20H23N5O3/c1-13(2)28-14-4-5-16-15(10-14)19(23-16)17-11-18(22-12-21-17)24-6-8-25(9-7-24)20(26)27-3/h4-5,10-13H,6-9H2,1-3H3. The van der Waals surface area contributed by atoms with Gasteiger partial charge < -0.3 is 19.3 Å². The first-order valence-electron chi connectivity index (χ1n) is 9.35. The lowest BCUT2D eigenvalue weighted by Crippen LogP contribution is -2.49. The van der Waals surface area contributed by atoms with E-state index < -0.39 is 0 Å². The molecule has 0 spiro atoms. The van der Waals surface area contributed by atoms with Crippen molar-refractivity contribution in [1.82, 2.24) is 14.9 Å². The van der Waals surface area contributed by atoms with E-state index >= 15 is 0 Å². The van der Waals surface area contributed by atoms with Gasteiger partial charge in [-0.1, -0.05) is 0 Å². The number of hydrogen-bond donors (Lipinski definition) is 0. The molecular formula is C20H23N5O3. The van der Waals surface area contributed by atoms with E-state index in [1.165, 1.54) is 7.11 Å². The minimum absolute atomic E-state index is 0.118. The zero-order chi connectivity index (χ0) is 19.7. The molecule has 4 rings (SSSR count). The van der Waals surface area contributed by atoms with Gasteiger partial charge in [0.05, 0.1) is 30.3 Å². The summed E-state index contributed by atoms with van der Waals surface area (Å²) in [7, 11) is 1.40. The van der Waals surface area contributed by atoms with Crippen LogP contribution in [-0.2, 0) is 4.74 Å². The molecule has 0 unspecified atom stereocenters. The Morgan fingerprint density at radius 3 is 2.61 bits per heavy atom. The molecule has 8 heteroatoms. The molecule has 146 valence electrons. The van der Waals surface area contributed by atoms with Crippen molar-refractivity contribution in [2.45, 2.75) is 20.0 Å². The van der Waals surface area contributed by atoms with Gasteiger partial charge in [-0.15, -0.1) is 0 Å². The average molecular weight is 381 g/mol. The molecule has 3 heterocycles. The van der Waals surface area contributed by atoms with Crippen LogP contribution in [0.2, 0.25) is 0 Å². The number of methoxy groups -OCH3 is 1. The second-order valence-electron chi connectivity index (χ2n) is 7.01. The minimum atomic E-state index is -0.289. The van der Waals surface area contributed by atoms with Crippen LogP contribution in [-0.4, -0.2) is 66.1 Å². The van der Waals surface area contributed by atoms with Gasteiger partial charge in [-0.2, -0.15) is 0 Å². The first-order valence-corrected chi connectivity index (χ1v) is 9.35. The van der Waals surface area contributed by atoms with Crippen molar-refractivity contribution in [3.8, 4) is 5.75 Å². The van der Waals surface area contributed by atoms with E-state index in [0.29, 0.717) is 26.2 Å². The number of carbonyl (C=O) groups is 1. The predicted molar refractivity (Wildman–Crippen MR) is 106 cm³/mol. The zero-order valence-corrected chi connectivity index (χ0v) is 16.3. The summed E-state index contributed by atoms with van der Waals surface area (Å²) >= 11 is 0. The Morgan fingerprint density at radius 2 is 1.89 bits per heavy atom. The molecule has 1 saturated heterocycles. The second-order valence-corrected chi connectivity index (χ2v) is 7.01. The van der Waals surface area contributed by atoms with Crippen LogP contribution in [0.5, 0.6) is 5.75 Å². The molecule has 0 radical (unpaired) electrons. The van der Waals surface area contributed by atoms with Gasteiger partial charge in [0, 0.05) is 37.8 Å². The van der Waals surface area contributed by atoms with Crippen LogP contribution in [0.15, 0.2) is 35.6 Å². The number of carbonyl (C=O) groups excluding carboxylic acids is 1. The van der Waals surface area contributed by atoms with Gasteiger partial charge in [-0.25, -0.2) is 19.8 Å². The smallest absolute Gasteiger partial charge is 0.409 e. The Hall–Kier alpha value is -3.16. The fourth-order valence-corrected chi connectivity index (χ4v) is 3.37. The van der Waals surface area contributed by atoms with Gasteiger partial charge in [-0.05, 0) is 32.0 Å². The van der Waals surface area contributed by atoms with Gasteiger partial charge in [0.25, 0.3) is 0 Å². The van der Waals surface area contributed by atoms with Crippen molar-refractivity contribution < 1.29 is 14.3 Å². The predicted octanol–water partition coefficient (Wildman–Crippen LogP) is 2.63. The average Bonchev–Trinajstić information content (AvgIpc) is 2.69. The molecule has 0 aliphatic carbocycles. The highest BCUT2D eigenvalue weighted by Gasteiger charge is 2.25. The van der Waals surface area contributed by atoms with Gasteiger partial charge in [0.1, 0.15) is 17.9 Å². The number of fused-ring (bicyclic) bond motifs is 1. The van der Waals surface area contributed by atoms with Gasteiger partial charge in [0.2, 0.25) is 0 Å². The van der Waals surface area contributed by atoms with Crippen molar-refractivity contribution in [1.29, 1.82) is 0 Å². The third kappa shape index (κ3) is 3.49. The normalized spacial score (nSPS) is 15.6. The Balaban J connectivity index is 1.49. The van der Waals surface area contributed by atoms with Crippen LogP contribution in [0.25, 0.3) is 0 Å². The fourth-order valence-electron chi connectivity index (χ4n) is 3.37. The van der Waals surface area contributed by atoms with Crippen LogP contribution >= 0.6 is 0 Å². The van der Waals surface area contributed by atoms with Gasteiger partial charge in [0.15, 0.2) is 0 Å². The minimum Gasteiger partial charge on any atom is -0.491 e. The Kier molecular flexibility index (Phi) is 4.85. The summed E-state index contributed by atoms with van der Waals surface area (Å²) in [5, 5.41) is 0. The summed E-state index contributed by atoms with van der Waals surface area (Å²) in [5.74, 6) is 1.66. The van der Waals surface area contributed by atoms with E-state index in [4.69, 9.17) is 9.47 Å². The topological polar surface area (TPSA) is 80.2 Å². The van der Waals surface area contributed by atoms with Crippen LogP contribution < -0.4 is 9.64 Å². The number of amides is 1. The van der Waals surface area contributed by atoms with Gasteiger partial charge >= 0.3 is 6.09 Å². The molecule has 1 amide bonds. The van der Waals surface area contributed by atoms with E-state index in [0.717, 1.165) is 34.2 Å². The van der Waals surface area contributed by atoms with Crippen molar-refractivity contribution >= 4 is 23.3 Å². The maximum atomic E-state index is 11.6. The number of nitrogens with zero attached hydrogens (tertiary/aromatic N) is 5. The summed E-state index contributed by atoms with van der Waals surface area (Å²) in [4.78, 5) is 28.9. The monoisotopic (exact) mass is 381 g/mol. The third-order valence-corrected chi connectivity index (χ3v) is 4.76. The lowest BCUT2D eigenvalue weighted by Gasteiger charge is -2.34. The SMILES string of the molecule is COC(=O)N1CCN(c2cc(C3=Nc4ccc(OC(C)C)cc43)ncn2)CC1. The molecule has 2 aliphatic heterocycles. The third-order valence-electron chi connectivity index (χ3n) is 4.76. The van der Waals surface area contributed by atoms with Crippen LogP contribution in [0.1, 0.15) is 25.1 Å². The summed E-state index contributed by atoms with van der Waals surface area (Å²) in [6, 6.07) is 7.86. The summed E-state index contributed by atoms with van der Waals surface area (Å²) in [5.41, 5.74) is 3.62. The highest BCUT2D eigenvalue weighted by molar-refractivity contribution is 6.21. The van der Waals surface area contributed by atoms with Crippen molar-refractivity contribution in [3.63, 3.8) is 0 Å². The Labute approximate surface area is 163 Å². The fraction of sp³-hybridized carbons (Fsp3) is 0.400. The van der Waals surface area contributed by atoms with Crippen LogP contribution in [0.3, 0.4) is 0 Å². The van der Waals surface area contributed by atoms with Crippen LogP contribution in [0.4, 0.5) is 16.3 Å². The first kappa shape index (κ1) is 18.2. The van der Waals surface area contributed by atoms with E-state index in [1.54, 1.807) is 11.2 Å². The van der Waals surface area contributed by atoms with Crippen molar-refractivity contribution in [2.24, 2.45) is 4.99 Å². The maximum absolute atomic E-state index is 11.6. The highest BCUT2D eigenvalue weighted by atomic mass is 16.5. The van der Waals surface area contributed by atoms with Gasteiger partial charge in [-0.3, -0.25) is 0 Å². The zero-order valence-electron chi connectivity index (χ0n) is 16.3. The number of aromatic nitrogens is 2. The highest BCUT2D eigenvalue weighted by Crippen LogP contribution is 2.35. The molecule has 0 atom stereocenters. The molecular weight excluding hydrogens is 358 g/mol. The summed E-state index contributed by atoms with van der Waals surface area (Å²) in [6.45, 7) is 6.61. The molecule has 28 heavy (non-hydrogen) atoms. The van der Waals surface area contributed by atoms with Crippen LogP contribution in [0, 0.1) is 0 Å². The molecule has 0 bridgehead atoms. The molecule has 2 aromatic rings. The number of ether oxygens (including phenoxy) is 2. The lowest BCUT2D eigenvalue weighted by atomic mass is 9.99. The van der Waals surface area contributed by atoms with E-state index in [-0.39, 0.29) is 12.2 Å². The number of aliphatic imine (C=N–C) groups is 1. The van der Waals surface area contributed by atoms with Crippen molar-refractivity contribution in [2.75, 3.05) is 38.2 Å². The number of hydrogen-bond acceptors (Lipinski definition) is 7. The molecule has 1 aromatic heterocycles. The van der Waals surface area contributed by atoms with Crippen molar-refractivity contribution in [3.05, 3.63) is 41.9 Å². The molecule has 2 aliphatic rings. The van der Waals surface area contributed by atoms with E-state index in [1.807, 2.05) is 38.1 Å². The first-order chi connectivity index (χ1) is 13.5. The number of benzene rings is 1. The largest absolute Gasteiger partial charge is 0.491 e. The molecule has 1 fully saturated rings. The number of piperazine rings is 1. The second kappa shape index (κ2) is 7.46. The summed E-state index contributed by atoms with van der Waals surface area (Å²) in [6.07, 6.45) is 1.39. The lowest BCUT2D eigenvalue weighted by molar-refractivity contribution is 0.121. The van der Waals surface area contributed by atoms with E-state index in [2.05, 4.69) is 19.9 Å². The molecule has 1 aromatic carbocycles. The quantitative estimate of drug-likeness (QED) is 0.691. The molecule has 8 nitrogen and oxygen atoms in total. The molecule has 0 N–H and O–H groups in total. The van der Waals surface area contributed by atoms with E-state index in [9.17, 15) is 4.79 Å². The number of anilines is 1.